The van der Waals surface area contributed by atoms with E-state index in [1.54, 1.807) is 17.3 Å². The molecule has 2 aromatic heterocycles. The fourth-order valence-corrected chi connectivity index (χ4v) is 4.08. The van der Waals surface area contributed by atoms with E-state index in [1.807, 2.05) is 24.4 Å². The maximum atomic E-state index is 13.1. The maximum Gasteiger partial charge on any atom is 0.338 e. The SMILES string of the molecule is COC(=O)c1cc(C(=O)N2CCC(c3nccn3Cc3ccccn3)CC2)cc([N+](=O)[O-])c1. The number of carbonyl (C=O) groups is 2. The zero-order valence-corrected chi connectivity index (χ0v) is 18.1. The number of nitrogens with zero attached hydrogens (tertiary/aromatic N) is 5. The highest BCUT2D eigenvalue weighted by Crippen LogP contribution is 2.29. The minimum Gasteiger partial charge on any atom is -0.465 e. The van der Waals surface area contributed by atoms with Gasteiger partial charge in [-0.2, -0.15) is 0 Å². The van der Waals surface area contributed by atoms with Gasteiger partial charge in [0.1, 0.15) is 5.82 Å². The van der Waals surface area contributed by atoms with Crippen LogP contribution in [-0.2, 0) is 11.3 Å². The van der Waals surface area contributed by atoms with E-state index >= 15 is 0 Å². The molecule has 0 N–H and O–H groups in total. The Labute approximate surface area is 190 Å². The largest absolute Gasteiger partial charge is 0.465 e. The number of rotatable bonds is 6. The number of piperidine rings is 1. The summed E-state index contributed by atoms with van der Waals surface area (Å²) in [5.41, 5.74) is 0.685. The third-order valence-corrected chi connectivity index (χ3v) is 5.75. The van der Waals surface area contributed by atoms with Gasteiger partial charge in [-0.3, -0.25) is 19.9 Å². The number of nitro benzene ring substituents is 1. The number of benzene rings is 1. The molecule has 0 atom stereocenters. The summed E-state index contributed by atoms with van der Waals surface area (Å²) in [6.07, 6.45) is 6.88. The number of likely N-dealkylation sites (tertiary alicyclic amines) is 1. The van der Waals surface area contributed by atoms with Crippen LogP contribution in [0.5, 0.6) is 0 Å². The normalized spacial score (nSPS) is 14.2. The van der Waals surface area contributed by atoms with Gasteiger partial charge in [-0.05, 0) is 31.0 Å². The summed E-state index contributed by atoms with van der Waals surface area (Å²) in [5.74, 6) is 0.0601. The van der Waals surface area contributed by atoms with Gasteiger partial charge in [0.15, 0.2) is 0 Å². The lowest BCUT2D eigenvalue weighted by atomic mass is 9.95. The van der Waals surface area contributed by atoms with E-state index in [-0.39, 0.29) is 28.6 Å². The second-order valence-corrected chi connectivity index (χ2v) is 7.82. The Bertz CT molecular complexity index is 1170. The van der Waals surface area contributed by atoms with Crippen molar-refractivity contribution in [2.75, 3.05) is 20.2 Å². The van der Waals surface area contributed by atoms with Crippen LogP contribution in [0, 0.1) is 10.1 Å². The molecule has 1 fully saturated rings. The van der Waals surface area contributed by atoms with E-state index in [1.165, 1.54) is 19.2 Å². The molecule has 0 radical (unpaired) electrons. The molecule has 170 valence electrons. The Hall–Kier alpha value is -4.08. The Balaban J connectivity index is 1.46. The minimum absolute atomic E-state index is 0.0264. The topological polar surface area (TPSA) is 120 Å². The summed E-state index contributed by atoms with van der Waals surface area (Å²) in [4.78, 5) is 46.2. The molecule has 10 nitrogen and oxygen atoms in total. The molecule has 1 amide bonds. The quantitative estimate of drug-likeness (QED) is 0.322. The highest BCUT2D eigenvalue weighted by atomic mass is 16.6. The molecular formula is C23H23N5O5. The first kappa shape index (κ1) is 22.1. The highest BCUT2D eigenvalue weighted by molar-refractivity contribution is 5.99. The van der Waals surface area contributed by atoms with E-state index in [9.17, 15) is 19.7 Å². The molecule has 1 aromatic carbocycles. The number of esters is 1. The predicted octanol–water partition coefficient (Wildman–Crippen LogP) is 3.04. The Morgan fingerprint density at radius 3 is 2.55 bits per heavy atom. The number of methoxy groups -OCH3 is 1. The Kier molecular flexibility index (Phi) is 6.43. The van der Waals surface area contributed by atoms with Crippen LogP contribution in [0.4, 0.5) is 5.69 Å². The number of imidazole rings is 1. The maximum absolute atomic E-state index is 13.1. The van der Waals surface area contributed by atoms with Crippen molar-refractivity contribution in [1.29, 1.82) is 0 Å². The van der Waals surface area contributed by atoms with Crippen LogP contribution in [0.15, 0.2) is 55.0 Å². The highest BCUT2D eigenvalue weighted by Gasteiger charge is 2.28. The first-order chi connectivity index (χ1) is 16.0. The van der Waals surface area contributed by atoms with Crippen LogP contribution in [0.25, 0.3) is 0 Å². The third-order valence-electron chi connectivity index (χ3n) is 5.75. The summed E-state index contributed by atoms with van der Waals surface area (Å²) in [5, 5.41) is 11.3. The number of amides is 1. The van der Waals surface area contributed by atoms with E-state index in [2.05, 4.69) is 19.3 Å². The molecule has 0 spiro atoms. The number of hydrogen-bond donors (Lipinski definition) is 0. The molecule has 1 saturated heterocycles. The molecule has 0 bridgehead atoms. The van der Waals surface area contributed by atoms with Crippen molar-refractivity contribution in [3.8, 4) is 0 Å². The zero-order valence-electron chi connectivity index (χ0n) is 18.1. The van der Waals surface area contributed by atoms with Crippen LogP contribution in [0.2, 0.25) is 0 Å². The predicted molar refractivity (Wildman–Crippen MR) is 118 cm³/mol. The lowest BCUT2D eigenvalue weighted by Gasteiger charge is -2.32. The molecule has 0 saturated carbocycles. The Morgan fingerprint density at radius 2 is 1.88 bits per heavy atom. The number of ether oxygens (including phenoxy) is 1. The Morgan fingerprint density at radius 1 is 1.12 bits per heavy atom. The number of hydrogen-bond acceptors (Lipinski definition) is 7. The van der Waals surface area contributed by atoms with Crippen molar-refractivity contribution in [1.82, 2.24) is 19.4 Å². The van der Waals surface area contributed by atoms with Gasteiger partial charge in [0, 0.05) is 55.3 Å². The monoisotopic (exact) mass is 449 g/mol. The van der Waals surface area contributed by atoms with Crippen molar-refractivity contribution in [3.63, 3.8) is 0 Å². The number of pyridine rings is 1. The van der Waals surface area contributed by atoms with Gasteiger partial charge in [0.05, 0.1) is 29.8 Å². The summed E-state index contributed by atoms with van der Waals surface area (Å²) in [7, 11) is 1.19. The van der Waals surface area contributed by atoms with Crippen molar-refractivity contribution in [3.05, 3.63) is 87.7 Å². The van der Waals surface area contributed by atoms with Crippen molar-refractivity contribution >= 4 is 17.6 Å². The van der Waals surface area contributed by atoms with E-state index in [0.717, 1.165) is 17.6 Å². The average molecular weight is 449 g/mol. The first-order valence-electron chi connectivity index (χ1n) is 10.5. The molecule has 3 aromatic rings. The van der Waals surface area contributed by atoms with Gasteiger partial charge >= 0.3 is 5.97 Å². The van der Waals surface area contributed by atoms with Crippen molar-refractivity contribution in [2.24, 2.45) is 0 Å². The van der Waals surface area contributed by atoms with Crippen LogP contribution in [0.1, 0.15) is 51.0 Å². The third kappa shape index (κ3) is 4.89. The number of carbonyl (C=O) groups excluding carboxylic acids is 2. The van der Waals surface area contributed by atoms with Gasteiger partial charge in [-0.1, -0.05) is 6.07 Å². The molecule has 3 heterocycles. The first-order valence-corrected chi connectivity index (χ1v) is 10.5. The molecule has 1 aliphatic heterocycles. The summed E-state index contributed by atoms with van der Waals surface area (Å²) >= 11 is 0. The molecule has 10 heteroatoms. The molecule has 0 aliphatic carbocycles. The van der Waals surface area contributed by atoms with Gasteiger partial charge in [-0.15, -0.1) is 0 Å². The molecular weight excluding hydrogens is 426 g/mol. The fraction of sp³-hybridized carbons (Fsp3) is 0.304. The summed E-state index contributed by atoms with van der Waals surface area (Å²) in [6.45, 7) is 1.59. The number of non-ortho nitro benzene ring substituents is 1. The van der Waals surface area contributed by atoms with Crippen LogP contribution < -0.4 is 0 Å². The van der Waals surface area contributed by atoms with Crippen molar-refractivity contribution < 1.29 is 19.2 Å². The minimum atomic E-state index is -0.730. The lowest BCUT2D eigenvalue weighted by Crippen LogP contribution is -2.38. The van der Waals surface area contributed by atoms with Crippen LogP contribution >= 0.6 is 0 Å². The summed E-state index contributed by atoms with van der Waals surface area (Å²) in [6, 6.07) is 9.43. The van der Waals surface area contributed by atoms with Gasteiger partial charge < -0.3 is 14.2 Å². The molecule has 33 heavy (non-hydrogen) atoms. The molecule has 1 aliphatic rings. The van der Waals surface area contributed by atoms with E-state index in [4.69, 9.17) is 0 Å². The average Bonchev–Trinajstić information content (AvgIpc) is 3.31. The number of aromatic nitrogens is 3. The second kappa shape index (κ2) is 9.60. The molecule has 0 unspecified atom stereocenters. The van der Waals surface area contributed by atoms with Gasteiger partial charge in [-0.25, -0.2) is 9.78 Å². The van der Waals surface area contributed by atoms with Crippen LogP contribution in [-0.4, -0.2) is 56.4 Å². The second-order valence-electron chi connectivity index (χ2n) is 7.82. The summed E-state index contributed by atoms with van der Waals surface area (Å²) < 4.78 is 6.74. The number of nitro groups is 1. The molecule has 4 rings (SSSR count). The standard InChI is InChI=1S/C23H23N5O5/c1-33-23(30)18-12-17(13-20(14-18)28(31)32)22(29)26-9-5-16(6-10-26)21-25-8-11-27(21)15-19-4-2-3-7-24-19/h2-4,7-8,11-14,16H,5-6,9-10,15H2,1H3. The smallest absolute Gasteiger partial charge is 0.338 e. The van der Waals surface area contributed by atoms with Gasteiger partial charge in [0.25, 0.3) is 11.6 Å². The lowest BCUT2D eigenvalue weighted by molar-refractivity contribution is -0.384. The van der Waals surface area contributed by atoms with Crippen LogP contribution in [0.3, 0.4) is 0 Å². The van der Waals surface area contributed by atoms with E-state index in [0.29, 0.717) is 32.5 Å². The fourth-order valence-electron chi connectivity index (χ4n) is 4.08. The zero-order chi connectivity index (χ0) is 23.4. The van der Waals surface area contributed by atoms with E-state index < -0.39 is 10.9 Å². The van der Waals surface area contributed by atoms with Gasteiger partial charge in [0.2, 0.25) is 0 Å². The van der Waals surface area contributed by atoms with Crippen molar-refractivity contribution in [2.45, 2.75) is 25.3 Å².